The van der Waals surface area contributed by atoms with Crippen LogP contribution in [0.15, 0.2) is 66.2 Å². The van der Waals surface area contributed by atoms with Crippen molar-refractivity contribution in [2.45, 2.75) is 26.8 Å². The van der Waals surface area contributed by atoms with Crippen molar-refractivity contribution in [1.82, 2.24) is 9.88 Å². The van der Waals surface area contributed by atoms with Gasteiger partial charge in [-0.1, -0.05) is 54.1 Å². The molecule has 0 aliphatic rings. The van der Waals surface area contributed by atoms with Crippen molar-refractivity contribution >= 4 is 23.6 Å². The van der Waals surface area contributed by atoms with Crippen molar-refractivity contribution < 1.29 is 4.79 Å². The van der Waals surface area contributed by atoms with Crippen LogP contribution in [0.2, 0.25) is 5.02 Å². The number of carbonyl (C=O) groups excluding carboxylic acids is 1. The molecule has 0 aliphatic carbocycles. The fourth-order valence-electron chi connectivity index (χ4n) is 3.34. The van der Waals surface area contributed by atoms with Gasteiger partial charge in [0, 0.05) is 11.4 Å². The number of carbonyl (C=O) groups is 1. The first kappa shape index (κ1) is 20.4. The number of benzene rings is 2. The van der Waals surface area contributed by atoms with Crippen LogP contribution in [0.25, 0.3) is 11.8 Å². The Bertz CT molecular complexity index is 1110. The zero-order valence-electron chi connectivity index (χ0n) is 16.6. The van der Waals surface area contributed by atoms with Gasteiger partial charge in [0.25, 0.3) is 5.91 Å². The van der Waals surface area contributed by atoms with Gasteiger partial charge in [0.15, 0.2) is 0 Å². The van der Waals surface area contributed by atoms with Crippen molar-refractivity contribution in [2.24, 2.45) is 0 Å². The molecule has 0 radical (unpaired) electrons. The second-order valence-corrected chi connectivity index (χ2v) is 7.30. The van der Waals surface area contributed by atoms with Crippen molar-refractivity contribution in [3.05, 3.63) is 93.8 Å². The molecular formula is C24H22ClN3O. The average molecular weight is 404 g/mol. The first-order chi connectivity index (χ1) is 13.9. The topological polar surface area (TPSA) is 57.8 Å². The summed E-state index contributed by atoms with van der Waals surface area (Å²) >= 11 is 6.36. The highest BCUT2D eigenvalue weighted by Crippen LogP contribution is 2.27. The normalized spacial score (nSPS) is 12.3. The lowest BCUT2D eigenvalue weighted by Gasteiger charge is -2.14. The van der Waals surface area contributed by atoms with Crippen molar-refractivity contribution in [2.75, 3.05) is 0 Å². The Morgan fingerprint density at radius 2 is 1.79 bits per heavy atom. The van der Waals surface area contributed by atoms with Crippen LogP contribution in [0.3, 0.4) is 0 Å². The van der Waals surface area contributed by atoms with Gasteiger partial charge in [0.1, 0.15) is 11.6 Å². The maximum absolute atomic E-state index is 12.7. The van der Waals surface area contributed by atoms with Crippen LogP contribution in [0.5, 0.6) is 0 Å². The Morgan fingerprint density at radius 3 is 2.45 bits per heavy atom. The molecule has 1 aromatic heterocycles. The number of nitriles is 1. The molecule has 0 saturated carbocycles. The highest BCUT2D eigenvalue weighted by Gasteiger charge is 2.16. The summed E-state index contributed by atoms with van der Waals surface area (Å²) in [6.07, 6.45) is 1.63. The highest BCUT2D eigenvalue weighted by atomic mass is 35.5. The minimum absolute atomic E-state index is 0.0622. The van der Waals surface area contributed by atoms with Gasteiger partial charge in [-0.2, -0.15) is 5.26 Å². The summed E-state index contributed by atoms with van der Waals surface area (Å²) in [4.78, 5) is 12.7. The zero-order valence-corrected chi connectivity index (χ0v) is 17.4. The Labute approximate surface area is 176 Å². The summed E-state index contributed by atoms with van der Waals surface area (Å²) in [5, 5.41) is 13.1. The molecule has 0 spiro atoms. The molecule has 1 N–H and O–H groups in total. The second kappa shape index (κ2) is 8.81. The summed E-state index contributed by atoms with van der Waals surface area (Å²) in [5.41, 5.74) is 4.60. The summed E-state index contributed by atoms with van der Waals surface area (Å²) in [6, 6.07) is 21.0. The van der Waals surface area contributed by atoms with Gasteiger partial charge in [-0.25, -0.2) is 0 Å². The Morgan fingerprint density at radius 1 is 1.14 bits per heavy atom. The molecule has 1 amide bonds. The number of rotatable bonds is 5. The molecule has 3 aromatic rings. The molecular weight excluding hydrogens is 382 g/mol. The monoisotopic (exact) mass is 403 g/mol. The number of amides is 1. The lowest BCUT2D eigenvalue weighted by molar-refractivity contribution is -0.117. The SMILES string of the molecule is Cc1cc(/C=C(/C#N)C(=O)N[C@@H](C)c2ccccc2)c(C)n1-c1ccccc1Cl. The first-order valence-corrected chi connectivity index (χ1v) is 9.71. The van der Waals surface area contributed by atoms with E-state index >= 15 is 0 Å². The van der Waals surface area contributed by atoms with E-state index in [-0.39, 0.29) is 11.6 Å². The van der Waals surface area contributed by atoms with Crippen LogP contribution in [-0.2, 0) is 4.79 Å². The van der Waals surface area contributed by atoms with Crippen LogP contribution in [0.4, 0.5) is 0 Å². The smallest absolute Gasteiger partial charge is 0.262 e. The summed E-state index contributed by atoms with van der Waals surface area (Å²) in [6.45, 7) is 5.81. The maximum Gasteiger partial charge on any atom is 0.262 e. The number of aryl methyl sites for hydroxylation is 1. The van der Waals surface area contributed by atoms with Crippen LogP contribution < -0.4 is 5.32 Å². The number of hydrogen-bond acceptors (Lipinski definition) is 2. The van der Waals surface area contributed by atoms with E-state index in [4.69, 9.17) is 11.6 Å². The number of halogens is 1. The van der Waals surface area contributed by atoms with Gasteiger partial charge in [-0.3, -0.25) is 4.79 Å². The molecule has 4 nitrogen and oxygen atoms in total. The molecule has 29 heavy (non-hydrogen) atoms. The highest BCUT2D eigenvalue weighted by molar-refractivity contribution is 6.32. The van der Waals surface area contributed by atoms with E-state index in [9.17, 15) is 10.1 Å². The van der Waals surface area contributed by atoms with E-state index in [1.165, 1.54) is 0 Å². The second-order valence-electron chi connectivity index (χ2n) is 6.89. The fourth-order valence-corrected chi connectivity index (χ4v) is 3.56. The molecule has 5 heteroatoms. The third-order valence-corrected chi connectivity index (χ3v) is 5.20. The van der Waals surface area contributed by atoms with E-state index in [1.807, 2.05) is 92.1 Å². The standard InChI is InChI=1S/C24H22ClN3O/c1-16-13-20(18(3)28(16)23-12-8-7-11-22(23)25)14-21(15-26)24(29)27-17(2)19-9-5-4-6-10-19/h4-14,17H,1-3H3,(H,27,29)/b21-14-/t17-/m0/s1. The molecule has 1 heterocycles. The van der Waals surface area contributed by atoms with Crippen LogP contribution >= 0.6 is 11.6 Å². The van der Waals surface area contributed by atoms with Gasteiger partial charge >= 0.3 is 0 Å². The molecule has 146 valence electrons. The van der Waals surface area contributed by atoms with Crippen LogP contribution in [-0.4, -0.2) is 10.5 Å². The average Bonchev–Trinajstić information content (AvgIpc) is 3.00. The third kappa shape index (κ3) is 4.42. The van der Waals surface area contributed by atoms with Gasteiger partial charge in [0.2, 0.25) is 0 Å². The zero-order chi connectivity index (χ0) is 21.0. The molecule has 1 atom stereocenters. The fraction of sp³-hybridized carbons (Fsp3) is 0.167. The van der Waals surface area contributed by atoms with Gasteiger partial charge < -0.3 is 9.88 Å². The van der Waals surface area contributed by atoms with Crippen molar-refractivity contribution in [3.8, 4) is 11.8 Å². The Hall–Kier alpha value is -3.29. The molecule has 0 aliphatic heterocycles. The first-order valence-electron chi connectivity index (χ1n) is 9.33. The summed E-state index contributed by atoms with van der Waals surface area (Å²) in [5.74, 6) is -0.397. The van der Waals surface area contributed by atoms with Crippen LogP contribution in [0.1, 0.15) is 35.5 Å². The van der Waals surface area contributed by atoms with Crippen molar-refractivity contribution in [3.63, 3.8) is 0 Å². The number of nitrogens with one attached hydrogen (secondary N) is 1. The summed E-state index contributed by atoms with van der Waals surface area (Å²) in [7, 11) is 0. The van der Waals surface area contributed by atoms with Gasteiger partial charge in [-0.05, 0) is 56.2 Å². The lowest BCUT2D eigenvalue weighted by atomic mass is 10.1. The van der Waals surface area contributed by atoms with E-state index in [2.05, 4.69) is 5.32 Å². The number of aromatic nitrogens is 1. The molecule has 2 aromatic carbocycles. The predicted octanol–water partition coefficient (Wildman–Crippen LogP) is 5.53. The van der Waals surface area contributed by atoms with E-state index in [0.717, 1.165) is 28.2 Å². The Balaban J connectivity index is 1.90. The van der Waals surface area contributed by atoms with Crippen LogP contribution in [0, 0.1) is 25.2 Å². The number of nitrogens with zero attached hydrogens (tertiary/aromatic N) is 2. The lowest BCUT2D eigenvalue weighted by Crippen LogP contribution is -2.27. The largest absolute Gasteiger partial charge is 0.345 e. The minimum Gasteiger partial charge on any atom is -0.345 e. The molecule has 0 unspecified atom stereocenters. The van der Waals surface area contributed by atoms with E-state index < -0.39 is 5.91 Å². The van der Waals surface area contributed by atoms with Crippen molar-refractivity contribution in [1.29, 1.82) is 5.26 Å². The molecule has 3 rings (SSSR count). The van der Waals surface area contributed by atoms with Gasteiger partial charge in [0.05, 0.1) is 16.8 Å². The minimum atomic E-state index is -0.397. The summed E-state index contributed by atoms with van der Waals surface area (Å²) < 4.78 is 2.02. The molecule has 0 fully saturated rings. The number of hydrogen-bond donors (Lipinski definition) is 1. The number of para-hydroxylation sites is 1. The maximum atomic E-state index is 12.7. The van der Waals surface area contributed by atoms with Gasteiger partial charge in [-0.15, -0.1) is 0 Å². The third-order valence-electron chi connectivity index (χ3n) is 4.88. The van der Waals surface area contributed by atoms with E-state index in [0.29, 0.717) is 5.02 Å². The molecule has 0 saturated heterocycles. The van der Waals surface area contributed by atoms with E-state index in [1.54, 1.807) is 6.08 Å². The predicted molar refractivity (Wildman–Crippen MR) is 117 cm³/mol. The molecule has 0 bridgehead atoms. The Kier molecular flexibility index (Phi) is 6.21. The quantitative estimate of drug-likeness (QED) is 0.449.